The van der Waals surface area contributed by atoms with Gasteiger partial charge in [-0.05, 0) is 12.8 Å². The lowest BCUT2D eigenvalue weighted by atomic mass is 9.71. The lowest BCUT2D eigenvalue weighted by molar-refractivity contribution is -0.150. The van der Waals surface area contributed by atoms with Crippen molar-refractivity contribution in [2.75, 3.05) is 13.2 Å². The number of hydrogen-bond acceptors (Lipinski definition) is 3. The Kier molecular flexibility index (Phi) is 3.26. The first-order chi connectivity index (χ1) is 6.62. The van der Waals surface area contributed by atoms with Crippen LogP contribution in [-0.2, 0) is 9.59 Å². The highest BCUT2D eigenvalue weighted by Crippen LogP contribution is 2.33. The first-order valence-corrected chi connectivity index (χ1v) is 5.05. The van der Waals surface area contributed by atoms with Crippen LogP contribution in [0.1, 0.15) is 26.7 Å². The van der Waals surface area contributed by atoms with Gasteiger partial charge in [0.1, 0.15) is 5.41 Å². The second kappa shape index (κ2) is 4.09. The second-order valence-corrected chi connectivity index (χ2v) is 3.74. The van der Waals surface area contributed by atoms with Gasteiger partial charge in [-0.2, -0.15) is 0 Å². The molecule has 1 fully saturated rings. The van der Waals surface area contributed by atoms with Crippen LogP contribution >= 0.6 is 0 Å². The Hall–Kier alpha value is -0.900. The summed E-state index contributed by atoms with van der Waals surface area (Å²) in [5, 5.41) is 11.7. The standard InChI is InChI=1S/C10H17NO3/c1-3-10(4-2)8(13)7(6-12)5-11-9(10)14/h7,12H,3-6H2,1-2H3,(H,11,14). The van der Waals surface area contributed by atoms with Gasteiger partial charge in [0.2, 0.25) is 5.91 Å². The van der Waals surface area contributed by atoms with Gasteiger partial charge >= 0.3 is 0 Å². The molecule has 1 rings (SSSR count). The van der Waals surface area contributed by atoms with E-state index in [0.29, 0.717) is 12.8 Å². The summed E-state index contributed by atoms with van der Waals surface area (Å²) in [6, 6.07) is 0. The van der Waals surface area contributed by atoms with Crippen LogP contribution in [0.5, 0.6) is 0 Å². The number of rotatable bonds is 3. The average Bonchev–Trinajstić information content (AvgIpc) is 2.20. The summed E-state index contributed by atoms with van der Waals surface area (Å²) >= 11 is 0. The van der Waals surface area contributed by atoms with Crippen molar-refractivity contribution in [2.24, 2.45) is 11.3 Å². The number of aliphatic hydroxyl groups is 1. The Bertz CT molecular complexity index is 246. The minimum atomic E-state index is -0.897. The number of hydrogen-bond donors (Lipinski definition) is 2. The molecule has 0 aromatic heterocycles. The Labute approximate surface area is 83.7 Å². The third-order valence-corrected chi connectivity index (χ3v) is 3.21. The summed E-state index contributed by atoms with van der Waals surface area (Å²) in [4.78, 5) is 23.6. The smallest absolute Gasteiger partial charge is 0.233 e. The van der Waals surface area contributed by atoms with E-state index in [-0.39, 0.29) is 24.8 Å². The highest BCUT2D eigenvalue weighted by atomic mass is 16.3. The molecule has 14 heavy (non-hydrogen) atoms. The number of amides is 1. The van der Waals surface area contributed by atoms with E-state index in [1.54, 1.807) is 0 Å². The molecule has 0 aromatic rings. The molecule has 0 bridgehead atoms. The maximum Gasteiger partial charge on any atom is 0.233 e. The van der Waals surface area contributed by atoms with Gasteiger partial charge in [0, 0.05) is 6.54 Å². The van der Waals surface area contributed by atoms with Crippen LogP contribution < -0.4 is 5.32 Å². The molecule has 4 nitrogen and oxygen atoms in total. The van der Waals surface area contributed by atoms with E-state index in [4.69, 9.17) is 5.11 Å². The minimum Gasteiger partial charge on any atom is -0.396 e. The SMILES string of the molecule is CCC1(CC)C(=O)NCC(CO)C1=O. The Morgan fingerprint density at radius 1 is 1.43 bits per heavy atom. The van der Waals surface area contributed by atoms with Crippen molar-refractivity contribution in [3.8, 4) is 0 Å². The third-order valence-electron chi connectivity index (χ3n) is 3.21. The van der Waals surface area contributed by atoms with Gasteiger partial charge in [-0.1, -0.05) is 13.8 Å². The van der Waals surface area contributed by atoms with Crippen molar-refractivity contribution in [3.63, 3.8) is 0 Å². The monoisotopic (exact) mass is 199 g/mol. The predicted octanol–water partition coefficient (Wildman–Crippen LogP) is 0.100. The molecule has 1 aliphatic heterocycles. The highest BCUT2D eigenvalue weighted by molar-refractivity contribution is 6.09. The number of carbonyl (C=O) groups excluding carboxylic acids is 2. The maximum atomic E-state index is 11.9. The normalized spacial score (nSPS) is 26.1. The first kappa shape index (κ1) is 11.2. The van der Waals surface area contributed by atoms with Crippen LogP contribution in [0.25, 0.3) is 0 Å². The summed E-state index contributed by atoms with van der Waals surface area (Å²) in [5.41, 5.74) is -0.897. The number of piperidine rings is 1. The van der Waals surface area contributed by atoms with Gasteiger partial charge in [0.05, 0.1) is 12.5 Å². The van der Waals surface area contributed by atoms with E-state index in [2.05, 4.69) is 5.32 Å². The number of aliphatic hydroxyl groups excluding tert-OH is 1. The molecule has 0 aliphatic carbocycles. The summed E-state index contributed by atoms with van der Waals surface area (Å²) < 4.78 is 0. The van der Waals surface area contributed by atoms with Crippen LogP contribution in [0.4, 0.5) is 0 Å². The predicted molar refractivity (Wildman–Crippen MR) is 51.6 cm³/mol. The number of Topliss-reactive ketones (excluding diaryl/α,β-unsaturated/α-hetero) is 1. The molecular formula is C10H17NO3. The summed E-state index contributed by atoms with van der Waals surface area (Å²) in [6.45, 7) is 3.76. The van der Waals surface area contributed by atoms with Crippen molar-refractivity contribution in [3.05, 3.63) is 0 Å². The lowest BCUT2D eigenvalue weighted by Crippen LogP contribution is -2.56. The zero-order valence-electron chi connectivity index (χ0n) is 8.67. The molecule has 4 heteroatoms. The van der Waals surface area contributed by atoms with E-state index in [1.165, 1.54) is 0 Å². The lowest BCUT2D eigenvalue weighted by Gasteiger charge is -2.36. The molecule has 0 aromatic carbocycles. The highest BCUT2D eigenvalue weighted by Gasteiger charge is 2.48. The third kappa shape index (κ3) is 1.43. The Balaban J connectivity index is 2.98. The fraction of sp³-hybridized carbons (Fsp3) is 0.800. The molecule has 1 heterocycles. The number of ketones is 1. The Morgan fingerprint density at radius 3 is 2.43 bits per heavy atom. The van der Waals surface area contributed by atoms with E-state index in [9.17, 15) is 9.59 Å². The van der Waals surface area contributed by atoms with Crippen molar-refractivity contribution >= 4 is 11.7 Å². The summed E-state index contributed by atoms with van der Waals surface area (Å²) in [7, 11) is 0. The zero-order valence-corrected chi connectivity index (χ0v) is 8.67. The molecule has 1 amide bonds. The molecule has 1 atom stereocenters. The van der Waals surface area contributed by atoms with Gasteiger partial charge in [0.15, 0.2) is 5.78 Å². The fourth-order valence-corrected chi connectivity index (χ4v) is 2.05. The van der Waals surface area contributed by atoms with Crippen molar-refractivity contribution in [1.82, 2.24) is 5.32 Å². The zero-order chi connectivity index (χ0) is 10.8. The van der Waals surface area contributed by atoms with Gasteiger partial charge in [-0.25, -0.2) is 0 Å². The molecule has 0 radical (unpaired) electrons. The van der Waals surface area contributed by atoms with Crippen LogP contribution in [0.3, 0.4) is 0 Å². The van der Waals surface area contributed by atoms with E-state index in [0.717, 1.165) is 0 Å². The van der Waals surface area contributed by atoms with Crippen molar-refractivity contribution < 1.29 is 14.7 Å². The van der Waals surface area contributed by atoms with E-state index in [1.807, 2.05) is 13.8 Å². The fourth-order valence-electron chi connectivity index (χ4n) is 2.05. The largest absolute Gasteiger partial charge is 0.396 e. The van der Waals surface area contributed by atoms with Crippen molar-refractivity contribution in [2.45, 2.75) is 26.7 Å². The number of nitrogens with one attached hydrogen (secondary N) is 1. The first-order valence-electron chi connectivity index (χ1n) is 5.05. The molecule has 1 unspecified atom stereocenters. The molecule has 1 aliphatic rings. The molecule has 1 saturated heterocycles. The van der Waals surface area contributed by atoms with Gasteiger partial charge < -0.3 is 10.4 Å². The molecular weight excluding hydrogens is 182 g/mol. The molecule has 0 spiro atoms. The van der Waals surface area contributed by atoms with Gasteiger partial charge in [-0.15, -0.1) is 0 Å². The molecule has 2 N–H and O–H groups in total. The van der Waals surface area contributed by atoms with Gasteiger partial charge in [0.25, 0.3) is 0 Å². The summed E-state index contributed by atoms with van der Waals surface area (Å²) in [5.74, 6) is -0.710. The second-order valence-electron chi connectivity index (χ2n) is 3.74. The van der Waals surface area contributed by atoms with E-state index >= 15 is 0 Å². The van der Waals surface area contributed by atoms with Crippen LogP contribution in [-0.4, -0.2) is 29.9 Å². The molecule has 80 valence electrons. The quantitative estimate of drug-likeness (QED) is 0.633. The number of carbonyl (C=O) groups is 2. The minimum absolute atomic E-state index is 0.103. The topological polar surface area (TPSA) is 66.4 Å². The van der Waals surface area contributed by atoms with Crippen LogP contribution in [0.2, 0.25) is 0 Å². The molecule has 0 saturated carbocycles. The van der Waals surface area contributed by atoms with Crippen LogP contribution in [0.15, 0.2) is 0 Å². The van der Waals surface area contributed by atoms with Gasteiger partial charge in [-0.3, -0.25) is 9.59 Å². The van der Waals surface area contributed by atoms with E-state index < -0.39 is 11.3 Å². The van der Waals surface area contributed by atoms with Crippen LogP contribution in [0, 0.1) is 11.3 Å². The van der Waals surface area contributed by atoms with Crippen molar-refractivity contribution in [1.29, 1.82) is 0 Å². The average molecular weight is 199 g/mol. The maximum absolute atomic E-state index is 11.9. The summed E-state index contributed by atoms with van der Waals surface area (Å²) in [6.07, 6.45) is 1.01. The Morgan fingerprint density at radius 2 is 2.00 bits per heavy atom.